The summed E-state index contributed by atoms with van der Waals surface area (Å²) in [6, 6.07) is 8.24. The molecule has 2 fully saturated rings. The molecule has 0 radical (unpaired) electrons. The van der Waals surface area contributed by atoms with E-state index in [1.54, 1.807) is 0 Å². The number of hydrogen-bond acceptors (Lipinski definition) is 6. The summed E-state index contributed by atoms with van der Waals surface area (Å²) in [5.74, 6) is 2.05. The third kappa shape index (κ3) is 5.38. The van der Waals surface area contributed by atoms with Crippen LogP contribution in [0.3, 0.4) is 0 Å². The number of fused-ring (bicyclic) bond motifs is 1. The third-order valence-electron chi connectivity index (χ3n) is 7.11. The van der Waals surface area contributed by atoms with Crippen LogP contribution >= 0.6 is 0 Å². The van der Waals surface area contributed by atoms with Gasteiger partial charge in [-0.05, 0) is 36.8 Å². The predicted molar refractivity (Wildman–Crippen MR) is 129 cm³/mol. The molecular formula is C25H38N6O. The van der Waals surface area contributed by atoms with Crippen LogP contribution in [0.25, 0.3) is 10.9 Å². The van der Waals surface area contributed by atoms with E-state index in [-0.39, 0.29) is 11.8 Å². The van der Waals surface area contributed by atoms with E-state index in [2.05, 4.69) is 22.0 Å². The Hall–Kier alpha value is -2.25. The summed E-state index contributed by atoms with van der Waals surface area (Å²) >= 11 is 0. The molecule has 3 N–H and O–H groups in total. The summed E-state index contributed by atoms with van der Waals surface area (Å²) in [5.41, 5.74) is 6.53. The van der Waals surface area contributed by atoms with Gasteiger partial charge >= 0.3 is 0 Å². The van der Waals surface area contributed by atoms with Crippen molar-refractivity contribution in [3.05, 3.63) is 30.1 Å². The van der Waals surface area contributed by atoms with Gasteiger partial charge in [-0.15, -0.1) is 0 Å². The van der Waals surface area contributed by atoms with Crippen molar-refractivity contribution in [2.75, 3.05) is 31.5 Å². The largest absolute Gasteiger partial charge is 0.368 e. The number of piperazine rings is 1. The van der Waals surface area contributed by atoms with Crippen molar-refractivity contribution in [2.24, 2.45) is 17.6 Å². The van der Waals surface area contributed by atoms with Gasteiger partial charge < -0.3 is 11.1 Å². The lowest BCUT2D eigenvalue weighted by Gasteiger charge is -2.41. The number of anilines is 1. The van der Waals surface area contributed by atoms with Gasteiger partial charge in [0, 0.05) is 37.6 Å². The Morgan fingerprint density at radius 3 is 2.59 bits per heavy atom. The highest BCUT2D eigenvalue weighted by molar-refractivity contribution is 5.91. The second-order valence-corrected chi connectivity index (χ2v) is 10.0. The second kappa shape index (κ2) is 10.1. The molecular weight excluding hydrogens is 400 g/mol. The quantitative estimate of drug-likeness (QED) is 0.690. The van der Waals surface area contributed by atoms with E-state index in [0.717, 1.165) is 61.4 Å². The second-order valence-electron chi connectivity index (χ2n) is 10.0. The minimum atomic E-state index is -0.470. The number of benzene rings is 1. The lowest BCUT2D eigenvalue weighted by atomic mass is 9.86. The van der Waals surface area contributed by atoms with Crippen LogP contribution in [-0.4, -0.2) is 63.9 Å². The normalized spacial score (nSPS) is 24.0. The molecule has 7 heteroatoms. The van der Waals surface area contributed by atoms with Gasteiger partial charge in [-0.1, -0.05) is 45.7 Å². The number of nitrogens with one attached hydrogen (secondary N) is 1. The van der Waals surface area contributed by atoms with E-state index in [1.807, 2.05) is 38.1 Å². The van der Waals surface area contributed by atoms with Crippen molar-refractivity contribution in [3.63, 3.8) is 0 Å². The highest BCUT2D eigenvalue weighted by Gasteiger charge is 2.28. The van der Waals surface area contributed by atoms with E-state index in [4.69, 9.17) is 15.7 Å². The monoisotopic (exact) mass is 438 g/mol. The minimum absolute atomic E-state index is 0.0697. The molecule has 1 aromatic heterocycles. The van der Waals surface area contributed by atoms with Gasteiger partial charge in [0.05, 0.1) is 12.1 Å². The average Bonchev–Trinajstić information content (AvgIpc) is 2.77. The molecule has 1 saturated carbocycles. The predicted octanol–water partition coefficient (Wildman–Crippen LogP) is 3.25. The molecule has 4 rings (SSSR count). The van der Waals surface area contributed by atoms with E-state index < -0.39 is 6.04 Å². The number of para-hydroxylation sites is 1. The SMILES string of the molecule is CC1CCCC(N2CCN(Cc3nc(N[C@H](C(N)=O)C(C)C)c4ccccc4n3)CC2)C1. The Bertz CT molecular complexity index is 924. The lowest BCUT2D eigenvalue weighted by molar-refractivity contribution is -0.119. The number of aromatic nitrogens is 2. The fourth-order valence-corrected chi connectivity index (χ4v) is 5.24. The van der Waals surface area contributed by atoms with Crippen molar-refractivity contribution in [2.45, 2.75) is 65.1 Å². The summed E-state index contributed by atoms with van der Waals surface area (Å²) in [6.07, 6.45) is 5.46. The highest BCUT2D eigenvalue weighted by atomic mass is 16.1. The smallest absolute Gasteiger partial charge is 0.240 e. The standard InChI is InChI=1S/C25H38N6O/c1-17(2)23(24(26)32)29-25-20-9-4-5-10-21(20)27-22(28-25)16-30-11-13-31(14-12-30)19-8-6-7-18(3)15-19/h4-5,9-10,17-19,23H,6-8,11-16H2,1-3H3,(H2,26,32)(H,27,28,29)/t18?,19?,23-/m0/s1. The summed E-state index contributed by atoms with van der Waals surface area (Å²) in [6.45, 7) is 11.4. The fraction of sp³-hybridized carbons (Fsp3) is 0.640. The topological polar surface area (TPSA) is 87.4 Å². The van der Waals surface area contributed by atoms with Crippen molar-refractivity contribution in [3.8, 4) is 0 Å². The number of rotatable bonds is 7. The summed E-state index contributed by atoms with van der Waals surface area (Å²) in [5, 5.41) is 4.22. The maximum Gasteiger partial charge on any atom is 0.240 e. The van der Waals surface area contributed by atoms with Crippen molar-refractivity contribution in [1.82, 2.24) is 19.8 Å². The number of carbonyl (C=O) groups excluding carboxylic acids is 1. The maximum atomic E-state index is 12.0. The fourth-order valence-electron chi connectivity index (χ4n) is 5.24. The molecule has 1 aromatic carbocycles. The highest BCUT2D eigenvalue weighted by Crippen LogP contribution is 2.28. The van der Waals surface area contributed by atoms with Crippen LogP contribution in [-0.2, 0) is 11.3 Å². The molecule has 0 spiro atoms. The Balaban J connectivity index is 1.46. The molecule has 174 valence electrons. The van der Waals surface area contributed by atoms with Gasteiger partial charge in [-0.25, -0.2) is 9.97 Å². The molecule has 2 heterocycles. The Labute approximate surface area is 191 Å². The van der Waals surface area contributed by atoms with Crippen LogP contribution in [0.5, 0.6) is 0 Å². The van der Waals surface area contributed by atoms with E-state index >= 15 is 0 Å². The lowest BCUT2D eigenvalue weighted by Crippen LogP contribution is -2.51. The van der Waals surface area contributed by atoms with Gasteiger partial charge in [0.25, 0.3) is 0 Å². The Kier molecular flexibility index (Phi) is 7.26. The van der Waals surface area contributed by atoms with Gasteiger partial charge in [-0.2, -0.15) is 0 Å². The summed E-state index contributed by atoms with van der Waals surface area (Å²) in [7, 11) is 0. The summed E-state index contributed by atoms with van der Waals surface area (Å²) in [4.78, 5) is 26.8. The first-order valence-electron chi connectivity index (χ1n) is 12.2. The van der Waals surface area contributed by atoms with Crippen molar-refractivity contribution >= 4 is 22.6 Å². The average molecular weight is 439 g/mol. The molecule has 0 bridgehead atoms. The van der Waals surface area contributed by atoms with Gasteiger partial charge in [0.1, 0.15) is 17.7 Å². The molecule has 2 aromatic rings. The van der Waals surface area contributed by atoms with Gasteiger partial charge in [0.2, 0.25) is 5.91 Å². The molecule has 1 aliphatic carbocycles. The third-order valence-corrected chi connectivity index (χ3v) is 7.11. The first-order valence-corrected chi connectivity index (χ1v) is 12.2. The zero-order chi connectivity index (χ0) is 22.7. The number of nitrogens with zero attached hydrogens (tertiary/aromatic N) is 4. The van der Waals surface area contributed by atoms with E-state index in [0.29, 0.717) is 5.82 Å². The molecule has 1 saturated heterocycles. The molecule has 1 aliphatic heterocycles. The zero-order valence-electron chi connectivity index (χ0n) is 19.8. The summed E-state index contributed by atoms with van der Waals surface area (Å²) < 4.78 is 0. The number of primary amides is 1. The molecule has 32 heavy (non-hydrogen) atoms. The number of amides is 1. The van der Waals surface area contributed by atoms with Crippen molar-refractivity contribution < 1.29 is 4.79 Å². The van der Waals surface area contributed by atoms with Crippen molar-refractivity contribution in [1.29, 1.82) is 0 Å². The molecule has 3 atom stereocenters. The minimum Gasteiger partial charge on any atom is -0.368 e. The first kappa shape index (κ1) is 22.9. The van der Waals surface area contributed by atoms with Crippen LogP contribution in [0, 0.1) is 11.8 Å². The first-order chi connectivity index (χ1) is 15.4. The molecule has 7 nitrogen and oxygen atoms in total. The Morgan fingerprint density at radius 1 is 1.16 bits per heavy atom. The van der Waals surface area contributed by atoms with Gasteiger partial charge in [0.15, 0.2) is 0 Å². The van der Waals surface area contributed by atoms with Crippen LogP contribution in [0.2, 0.25) is 0 Å². The zero-order valence-corrected chi connectivity index (χ0v) is 19.8. The van der Waals surface area contributed by atoms with Crippen LogP contribution < -0.4 is 11.1 Å². The van der Waals surface area contributed by atoms with Gasteiger partial charge in [-0.3, -0.25) is 14.6 Å². The van der Waals surface area contributed by atoms with E-state index in [9.17, 15) is 4.79 Å². The number of carbonyl (C=O) groups is 1. The maximum absolute atomic E-state index is 12.0. The molecule has 2 unspecified atom stereocenters. The number of hydrogen-bond donors (Lipinski definition) is 2. The molecule has 1 amide bonds. The van der Waals surface area contributed by atoms with E-state index in [1.165, 1.54) is 25.7 Å². The number of nitrogens with two attached hydrogens (primary N) is 1. The van der Waals surface area contributed by atoms with Crippen LogP contribution in [0.1, 0.15) is 52.3 Å². The Morgan fingerprint density at radius 2 is 1.91 bits per heavy atom. The molecule has 2 aliphatic rings. The van der Waals surface area contributed by atoms with Crippen LogP contribution in [0.4, 0.5) is 5.82 Å². The van der Waals surface area contributed by atoms with Crippen LogP contribution in [0.15, 0.2) is 24.3 Å².